The maximum absolute atomic E-state index is 10.5. The summed E-state index contributed by atoms with van der Waals surface area (Å²) >= 11 is 0. The van der Waals surface area contributed by atoms with Gasteiger partial charge in [-0.3, -0.25) is 4.79 Å². The van der Waals surface area contributed by atoms with Crippen molar-refractivity contribution in [3.8, 4) is 0 Å². The van der Waals surface area contributed by atoms with Gasteiger partial charge in [-0.15, -0.1) is 0 Å². The van der Waals surface area contributed by atoms with Crippen molar-refractivity contribution in [1.82, 2.24) is 0 Å². The van der Waals surface area contributed by atoms with E-state index in [9.17, 15) is 4.79 Å². The smallest absolute Gasteiger partial charge is 0.304 e. The second-order valence-electron chi connectivity index (χ2n) is 4.24. The minimum atomic E-state index is -0.858. The number of rotatable bonds is 4. The van der Waals surface area contributed by atoms with Gasteiger partial charge in [0, 0.05) is 12.1 Å². The first kappa shape index (κ1) is 11.5. The van der Waals surface area contributed by atoms with Crippen LogP contribution in [-0.2, 0) is 4.79 Å². The van der Waals surface area contributed by atoms with E-state index in [1.807, 2.05) is 0 Å². The second-order valence-corrected chi connectivity index (χ2v) is 4.24. The highest BCUT2D eigenvalue weighted by Crippen LogP contribution is 2.26. The van der Waals surface area contributed by atoms with Crippen molar-refractivity contribution >= 4 is 5.97 Å². The predicted octanol–water partition coefficient (Wildman–Crippen LogP) is 0.696. The quantitative estimate of drug-likeness (QED) is 0.623. The largest absolute Gasteiger partial charge is 0.481 e. The summed E-state index contributed by atoms with van der Waals surface area (Å²) in [7, 11) is 0. The van der Waals surface area contributed by atoms with E-state index >= 15 is 0 Å². The second kappa shape index (κ2) is 5.32. The fraction of sp³-hybridized carbons (Fsp3) is 0.900. The molecule has 2 atom stereocenters. The van der Waals surface area contributed by atoms with Gasteiger partial charge in [0.25, 0.3) is 0 Å². The molecular formula is C10H20N2O2. The minimum Gasteiger partial charge on any atom is -0.481 e. The molecule has 0 aromatic rings. The predicted molar refractivity (Wildman–Crippen MR) is 54.8 cm³/mol. The summed E-state index contributed by atoms with van der Waals surface area (Å²) in [5.74, 6) is -0.429. The van der Waals surface area contributed by atoms with Crippen LogP contribution < -0.4 is 11.5 Å². The first-order chi connectivity index (χ1) is 6.61. The SMILES string of the molecule is NC(CC(=O)O)C(N)C1CCCCC1. The maximum Gasteiger partial charge on any atom is 0.304 e. The Balaban J connectivity index is 2.37. The van der Waals surface area contributed by atoms with Crippen molar-refractivity contribution in [2.75, 3.05) is 0 Å². The van der Waals surface area contributed by atoms with E-state index in [0.717, 1.165) is 12.8 Å². The van der Waals surface area contributed by atoms with Crippen molar-refractivity contribution in [3.05, 3.63) is 0 Å². The van der Waals surface area contributed by atoms with Crippen molar-refractivity contribution in [2.45, 2.75) is 50.6 Å². The Labute approximate surface area is 84.7 Å². The lowest BCUT2D eigenvalue weighted by atomic mass is 9.81. The number of carbonyl (C=O) groups is 1. The molecule has 0 heterocycles. The normalized spacial score (nSPS) is 23.0. The molecule has 5 N–H and O–H groups in total. The molecule has 1 rings (SSSR count). The van der Waals surface area contributed by atoms with Crippen LogP contribution in [0.2, 0.25) is 0 Å². The number of aliphatic carboxylic acids is 1. The lowest BCUT2D eigenvalue weighted by molar-refractivity contribution is -0.137. The van der Waals surface area contributed by atoms with Crippen molar-refractivity contribution < 1.29 is 9.90 Å². The van der Waals surface area contributed by atoms with Crippen LogP contribution in [0.4, 0.5) is 0 Å². The topological polar surface area (TPSA) is 89.3 Å². The van der Waals surface area contributed by atoms with Gasteiger partial charge >= 0.3 is 5.97 Å². The zero-order valence-electron chi connectivity index (χ0n) is 8.48. The zero-order chi connectivity index (χ0) is 10.6. The summed E-state index contributed by atoms with van der Waals surface area (Å²) in [6, 6.07) is -0.540. The number of hydrogen-bond acceptors (Lipinski definition) is 3. The Morgan fingerprint density at radius 1 is 1.29 bits per heavy atom. The zero-order valence-corrected chi connectivity index (χ0v) is 8.48. The van der Waals surface area contributed by atoms with Gasteiger partial charge in [-0.2, -0.15) is 0 Å². The van der Waals surface area contributed by atoms with E-state index < -0.39 is 12.0 Å². The molecule has 0 aliphatic heterocycles. The molecule has 0 spiro atoms. The molecule has 1 fully saturated rings. The number of carboxylic acids is 1. The molecule has 4 heteroatoms. The van der Waals surface area contributed by atoms with Gasteiger partial charge < -0.3 is 16.6 Å². The maximum atomic E-state index is 10.5. The number of nitrogens with two attached hydrogens (primary N) is 2. The van der Waals surface area contributed by atoms with E-state index in [-0.39, 0.29) is 12.5 Å². The lowest BCUT2D eigenvalue weighted by Crippen LogP contribution is -2.48. The van der Waals surface area contributed by atoms with Crippen LogP contribution >= 0.6 is 0 Å². The van der Waals surface area contributed by atoms with Crippen LogP contribution in [0.5, 0.6) is 0 Å². The molecule has 1 aliphatic carbocycles. The first-order valence-electron chi connectivity index (χ1n) is 5.34. The third kappa shape index (κ3) is 3.27. The first-order valence-corrected chi connectivity index (χ1v) is 5.34. The fourth-order valence-electron chi connectivity index (χ4n) is 2.21. The van der Waals surface area contributed by atoms with Gasteiger partial charge in [0.2, 0.25) is 0 Å². The van der Waals surface area contributed by atoms with Gasteiger partial charge in [0.1, 0.15) is 0 Å². The average molecular weight is 200 g/mol. The highest BCUT2D eigenvalue weighted by atomic mass is 16.4. The highest BCUT2D eigenvalue weighted by Gasteiger charge is 2.26. The molecule has 0 radical (unpaired) electrons. The molecule has 82 valence electrons. The summed E-state index contributed by atoms with van der Waals surface area (Å²) in [5.41, 5.74) is 11.7. The Hall–Kier alpha value is -0.610. The van der Waals surface area contributed by atoms with Gasteiger partial charge in [-0.1, -0.05) is 19.3 Å². The molecule has 1 saturated carbocycles. The summed E-state index contributed by atoms with van der Waals surface area (Å²) in [4.78, 5) is 10.5. The van der Waals surface area contributed by atoms with Gasteiger partial charge in [0.05, 0.1) is 6.42 Å². The molecule has 0 aromatic heterocycles. The summed E-state index contributed by atoms with van der Waals surface area (Å²) < 4.78 is 0. The number of hydrogen-bond donors (Lipinski definition) is 3. The molecule has 0 bridgehead atoms. The minimum absolute atomic E-state index is 0.0162. The van der Waals surface area contributed by atoms with Crippen LogP contribution in [0.25, 0.3) is 0 Å². The molecule has 14 heavy (non-hydrogen) atoms. The summed E-state index contributed by atoms with van der Waals surface area (Å²) in [5, 5.41) is 8.60. The van der Waals surface area contributed by atoms with E-state index in [4.69, 9.17) is 16.6 Å². The van der Waals surface area contributed by atoms with E-state index in [0.29, 0.717) is 5.92 Å². The number of carboxylic acid groups (broad SMARTS) is 1. The summed E-state index contributed by atoms with van der Waals surface area (Å²) in [6.07, 6.45) is 5.88. The van der Waals surface area contributed by atoms with Crippen LogP contribution in [0.1, 0.15) is 38.5 Å². The standard InChI is InChI=1S/C10H20N2O2/c11-8(6-9(13)14)10(12)7-4-2-1-3-5-7/h7-8,10H,1-6,11-12H2,(H,13,14). The fourth-order valence-corrected chi connectivity index (χ4v) is 2.21. The van der Waals surface area contributed by atoms with Crippen molar-refractivity contribution in [3.63, 3.8) is 0 Å². The molecular weight excluding hydrogens is 180 g/mol. The van der Waals surface area contributed by atoms with Gasteiger partial charge in [-0.05, 0) is 18.8 Å². The van der Waals surface area contributed by atoms with Crippen LogP contribution in [0, 0.1) is 5.92 Å². The Morgan fingerprint density at radius 3 is 2.36 bits per heavy atom. The lowest BCUT2D eigenvalue weighted by Gasteiger charge is -2.30. The van der Waals surface area contributed by atoms with Crippen molar-refractivity contribution in [1.29, 1.82) is 0 Å². The van der Waals surface area contributed by atoms with Gasteiger partial charge in [-0.25, -0.2) is 0 Å². The van der Waals surface area contributed by atoms with E-state index in [1.165, 1.54) is 19.3 Å². The van der Waals surface area contributed by atoms with Crippen LogP contribution in [0.15, 0.2) is 0 Å². The molecule has 1 aliphatic rings. The molecule has 0 amide bonds. The Bertz CT molecular complexity index is 191. The molecule has 2 unspecified atom stereocenters. The molecule has 0 aromatic carbocycles. The Morgan fingerprint density at radius 2 is 1.86 bits per heavy atom. The molecule has 0 saturated heterocycles. The summed E-state index contributed by atoms with van der Waals surface area (Å²) in [6.45, 7) is 0. The third-order valence-electron chi connectivity index (χ3n) is 3.10. The van der Waals surface area contributed by atoms with E-state index in [1.54, 1.807) is 0 Å². The van der Waals surface area contributed by atoms with Crippen LogP contribution in [-0.4, -0.2) is 23.2 Å². The van der Waals surface area contributed by atoms with Crippen molar-refractivity contribution in [2.24, 2.45) is 17.4 Å². The van der Waals surface area contributed by atoms with Crippen LogP contribution in [0.3, 0.4) is 0 Å². The average Bonchev–Trinajstić information content (AvgIpc) is 2.17. The van der Waals surface area contributed by atoms with Gasteiger partial charge in [0.15, 0.2) is 0 Å². The monoisotopic (exact) mass is 200 g/mol. The Kier molecular flexibility index (Phi) is 4.35. The third-order valence-corrected chi connectivity index (χ3v) is 3.10. The van der Waals surface area contributed by atoms with E-state index in [2.05, 4.69) is 0 Å². The highest BCUT2D eigenvalue weighted by molar-refractivity contribution is 5.67. The molecule has 4 nitrogen and oxygen atoms in total.